The topological polar surface area (TPSA) is 88.0 Å². The van der Waals surface area contributed by atoms with E-state index in [-0.39, 0.29) is 17.3 Å². The van der Waals surface area contributed by atoms with E-state index in [1.807, 2.05) is 0 Å². The summed E-state index contributed by atoms with van der Waals surface area (Å²) in [6.07, 6.45) is 3.34. The molecule has 0 aliphatic rings. The van der Waals surface area contributed by atoms with Crippen molar-refractivity contribution in [2.75, 3.05) is 5.32 Å². The molecule has 0 aliphatic heterocycles. The summed E-state index contributed by atoms with van der Waals surface area (Å²) in [5, 5.41) is 11.4. The van der Waals surface area contributed by atoms with Crippen LogP contribution in [0.25, 0.3) is 0 Å². The second-order valence-corrected chi connectivity index (χ2v) is 3.08. The predicted molar refractivity (Wildman–Crippen MR) is 56.5 cm³/mol. The molecule has 0 radical (unpaired) electrons. The Morgan fingerprint density at radius 3 is 2.65 bits per heavy atom. The molecule has 0 saturated heterocycles. The van der Waals surface area contributed by atoms with E-state index in [4.69, 9.17) is 5.11 Å². The van der Waals surface area contributed by atoms with E-state index in [1.165, 1.54) is 18.3 Å². The first kappa shape index (κ1) is 10.9. The Kier molecular flexibility index (Phi) is 2.91. The molecule has 2 rings (SSSR count). The molecule has 0 aliphatic carbocycles. The largest absolute Gasteiger partial charge is 0.478 e. The molecular formula is C10H7FN4O2. The Morgan fingerprint density at radius 1 is 1.29 bits per heavy atom. The van der Waals surface area contributed by atoms with Gasteiger partial charge in [0.05, 0.1) is 18.0 Å². The van der Waals surface area contributed by atoms with Gasteiger partial charge in [-0.15, -0.1) is 0 Å². The number of pyridine rings is 1. The zero-order valence-electron chi connectivity index (χ0n) is 8.46. The van der Waals surface area contributed by atoms with Crippen molar-refractivity contribution in [2.24, 2.45) is 0 Å². The molecule has 2 aromatic rings. The zero-order chi connectivity index (χ0) is 12.3. The van der Waals surface area contributed by atoms with Gasteiger partial charge in [0.15, 0.2) is 5.82 Å². The molecule has 2 N–H and O–H groups in total. The first-order chi connectivity index (χ1) is 8.15. The van der Waals surface area contributed by atoms with Crippen molar-refractivity contribution in [1.82, 2.24) is 15.0 Å². The smallest absolute Gasteiger partial charge is 0.335 e. The normalized spacial score (nSPS) is 9.94. The predicted octanol–water partition coefficient (Wildman–Crippen LogP) is 1.45. The number of anilines is 2. The number of nitrogens with one attached hydrogen (secondary N) is 1. The number of carboxylic acid groups (broad SMARTS) is 1. The minimum Gasteiger partial charge on any atom is -0.478 e. The van der Waals surface area contributed by atoms with E-state index < -0.39 is 11.8 Å². The van der Waals surface area contributed by atoms with Gasteiger partial charge in [0.2, 0.25) is 5.95 Å². The van der Waals surface area contributed by atoms with Crippen LogP contribution in [0.2, 0.25) is 0 Å². The summed E-state index contributed by atoms with van der Waals surface area (Å²) in [7, 11) is 0. The average molecular weight is 234 g/mol. The highest BCUT2D eigenvalue weighted by atomic mass is 19.1. The first-order valence-corrected chi connectivity index (χ1v) is 4.59. The number of halogens is 1. The maximum Gasteiger partial charge on any atom is 0.335 e. The molecule has 0 fully saturated rings. The minimum atomic E-state index is -1.06. The second kappa shape index (κ2) is 4.52. The van der Waals surface area contributed by atoms with Crippen LogP contribution in [0.4, 0.5) is 16.2 Å². The van der Waals surface area contributed by atoms with Crippen LogP contribution < -0.4 is 5.32 Å². The van der Waals surface area contributed by atoms with E-state index in [9.17, 15) is 9.18 Å². The van der Waals surface area contributed by atoms with E-state index in [2.05, 4.69) is 20.3 Å². The molecule has 2 heterocycles. The molecule has 0 bridgehead atoms. The molecule has 0 atom stereocenters. The lowest BCUT2D eigenvalue weighted by atomic mass is 10.2. The maximum absolute atomic E-state index is 12.5. The van der Waals surface area contributed by atoms with Crippen LogP contribution in [0.1, 0.15) is 10.4 Å². The van der Waals surface area contributed by atoms with Gasteiger partial charge in [0.25, 0.3) is 0 Å². The number of carbonyl (C=O) groups is 1. The fourth-order valence-electron chi connectivity index (χ4n) is 1.12. The number of hydrogen-bond acceptors (Lipinski definition) is 5. The monoisotopic (exact) mass is 234 g/mol. The lowest BCUT2D eigenvalue weighted by Crippen LogP contribution is -2.02. The van der Waals surface area contributed by atoms with Crippen LogP contribution in [-0.4, -0.2) is 26.0 Å². The molecule has 6 nitrogen and oxygen atoms in total. The molecule has 0 amide bonds. The minimum absolute atomic E-state index is 0.0876. The Balaban J connectivity index is 2.21. The number of carboxylic acids is 1. The summed E-state index contributed by atoms with van der Waals surface area (Å²) < 4.78 is 12.5. The Hall–Kier alpha value is -2.57. The third kappa shape index (κ3) is 2.71. The summed E-state index contributed by atoms with van der Waals surface area (Å²) in [6, 6.07) is 2.69. The average Bonchev–Trinajstić information content (AvgIpc) is 2.32. The standard InChI is InChI=1S/C10H7FN4O2/c11-7-4-13-10(14-5-7)15-8-3-6(9(16)17)1-2-12-8/h1-5H,(H,16,17)(H,12,13,14,15). The molecule has 2 aromatic heterocycles. The quantitative estimate of drug-likeness (QED) is 0.835. The van der Waals surface area contributed by atoms with Crippen LogP contribution >= 0.6 is 0 Å². The van der Waals surface area contributed by atoms with E-state index in [1.54, 1.807) is 0 Å². The Labute approximate surface area is 95.2 Å². The van der Waals surface area contributed by atoms with Gasteiger partial charge in [-0.05, 0) is 12.1 Å². The van der Waals surface area contributed by atoms with Crippen LogP contribution in [0.15, 0.2) is 30.7 Å². The van der Waals surface area contributed by atoms with Crippen molar-refractivity contribution in [3.05, 3.63) is 42.1 Å². The summed E-state index contributed by atoms with van der Waals surface area (Å²) >= 11 is 0. The van der Waals surface area contributed by atoms with Gasteiger partial charge < -0.3 is 10.4 Å². The van der Waals surface area contributed by atoms with Crippen LogP contribution in [-0.2, 0) is 0 Å². The van der Waals surface area contributed by atoms with E-state index in [0.29, 0.717) is 0 Å². The first-order valence-electron chi connectivity index (χ1n) is 4.59. The SMILES string of the molecule is O=C(O)c1ccnc(Nc2ncc(F)cn2)c1. The number of aromatic carboxylic acids is 1. The van der Waals surface area contributed by atoms with Crippen molar-refractivity contribution in [2.45, 2.75) is 0 Å². The van der Waals surface area contributed by atoms with Crippen LogP contribution in [0.5, 0.6) is 0 Å². The fourth-order valence-corrected chi connectivity index (χ4v) is 1.12. The van der Waals surface area contributed by atoms with Crippen LogP contribution in [0, 0.1) is 5.82 Å². The number of hydrogen-bond donors (Lipinski definition) is 2. The highest BCUT2D eigenvalue weighted by molar-refractivity contribution is 5.88. The number of nitrogens with zero attached hydrogens (tertiary/aromatic N) is 3. The maximum atomic E-state index is 12.5. The molecule has 86 valence electrons. The molecule has 17 heavy (non-hydrogen) atoms. The lowest BCUT2D eigenvalue weighted by molar-refractivity contribution is 0.0697. The number of rotatable bonds is 3. The van der Waals surface area contributed by atoms with Gasteiger partial charge in [-0.1, -0.05) is 0 Å². The molecule has 0 spiro atoms. The zero-order valence-corrected chi connectivity index (χ0v) is 8.46. The summed E-state index contributed by atoms with van der Waals surface area (Å²) in [5.41, 5.74) is 0.0876. The second-order valence-electron chi connectivity index (χ2n) is 3.08. The summed E-state index contributed by atoms with van der Waals surface area (Å²) in [5.74, 6) is -1.20. The molecule has 7 heteroatoms. The lowest BCUT2D eigenvalue weighted by Gasteiger charge is -2.03. The van der Waals surface area contributed by atoms with Gasteiger partial charge in [-0.3, -0.25) is 0 Å². The summed E-state index contributed by atoms with van der Waals surface area (Å²) in [6.45, 7) is 0. The number of aromatic nitrogens is 3. The van der Waals surface area contributed by atoms with Gasteiger partial charge in [0, 0.05) is 6.20 Å². The Bertz CT molecular complexity index is 544. The Morgan fingerprint density at radius 2 is 2.00 bits per heavy atom. The van der Waals surface area contributed by atoms with Crippen LogP contribution in [0.3, 0.4) is 0 Å². The molecule has 0 aromatic carbocycles. The van der Waals surface area contributed by atoms with Crippen molar-refractivity contribution in [3.8, 4) is 0 Å². The molecular weight excluding hydrogens is 227 g/mol. The van der Waals surface area contributed by atoms with Gasteiger partial charge in [-0.25, -0.2) is 24.1 Å². The van der Waals surface area contributed by atoms with Gasteiger partial charge in [0.1, 0.15) is 5.82 Å². The summed E-state index contributed by atoms with van der Waals surface area (Å²) in [4.78, 5) is 21.9. The van der Waals surface area contributed by atoms with Crippen molar-refractivity contribution in [1.29, 1.82) is 0 Å². The fraction of sp³-hybridized carbons (Fsp3) is 0. The van der Waals surface area contributed by atoms with Gasteiger partial charge >= 0.3 is 5.97 Å². The molecule has 0 unspecified atom stereocenters. The van der Waals surface area contributed by atoms with Gasteiger partial charge in [-0.2, -0.15) is 0 Å². The van der Waals surface area contributed by atoms with E-state index >= 15 is 0 Å². The van der Waals surface area contributed by atoms with E-state index in [0.717, 1.165) is 12.4 Å². The van der Waals surface area contributed by atoms with Crippen molar-refractivity contribution < 1.29 is 14.3 Å². The van der Waals surface area contributed by atoms with Crippen molar-refractivity contribution >= 4 is 17.7 Å². The molecule has 0 saturated carbocycles. The highest BCUT2D eigenvalue weighted by Crippen LogP contribution is 2.11. The highest BCUT2D eigenvalue weighted by Gasteiger charge is 2.05. The third-order valence-electron chi connectivity index (χ3n) is 1.87. The third-order valence-corrected chi connectivity index (χ3v) is 1.87. The van der Waals surface area contributed by atoms with Crippen molar-refractivity contribution in [3.63, 3.8) is 0 Å².